The van der Waals surface area contributed by atoms with Gasteiger partial charge in [-0.2, -0.15) is 0 Å². The summed E-state index contributed by atoms with van der Waals surface area (Å²) in [6.45, 7) is 2.30. The second-order valence-electron chi connectivity index (χ2n) is 5.37. The third-order valence-corrected chi connectivity index (χ3v) is 3.87. The van der Waals surface area contributed by atoms with Gasteiger partial charge in [-0.25, -0.2) is 0 Å². The highest BCUT2D eigenvalue weighted by Crippen LogP contribution is 2.30. The molecule has 0 spiro atoms. The van der Waals surface area contributed by atoms with Crippen LogP contribution in [0.3, 0.4) is 0 Å². The van der Waals surface area contributed by atoms with Gasteiger partial charge in [-0.05, 0) is 49.4 Å². The lowest BCUT2D eigenvalue weighted by atomic mass is 10.1. The number of rotatable bonds is 4. The van der Waals surface area contributed by atoms with Crippen LogP contribution in [0.4, 0.5) is 11.4 Å². The molecule has 2 heteroatoms. The molecule has 17 heavy (non-hydrogen) atoms. The zero-order chi connectivity index (χ0) is 12.3. The fourth-order valence-corrected chi connectivity index (χ4v) is 2.67. The zero-order valence-corrected chi connectivity index (χ0v) is 11.2. The summed E-state index contributed by atoms with van der Waals surface area (Å²) < 4.78 is 0. The minimum absolute atomic E-state index is 0.685. The van der Waals surface area contributed by atoms with E-state index in [0.717, 1.165) is 5.92 Å². The molecule has 94 valence electrons. The molecule has 1 aliphatic carbocycles. The fraction of sp³-hybridized carbons (Fsp3) is 0.600. The van der Waals surface area contributed by atoms with Crippen LogP contribution in [0.25, 0.3) is 0 Å². The summed E-state index contributed by atoms with van der Waals surface area (Å²) in [6, 6.07) is 9.41. The Balaban J connectivity index is 1.91. The predicted molar refractivity (Wildman–Crippen MR) is 75.8 cm³/mol. The van der Waals surface area contributed by atoms with Crippen molar-refractivity contribution in [2.75, 3.05) is 24.3 Å². The highest BCUT2D eigenvalue weighted by molar-refractivity contribution is 5.54. The van der Waals surface area contributed by atoms with E-state index in [0.29, 0.717) is 6.04 Å². The van der Waals surface area contributed by atoms with Gasteiger partial charge in [0.15, 0.2) is 0 Å². The van der Waals surface area contributed by atoms with E-state index in [9.17, 15) is 0 Å². The monoisotopic (exact) mass is 232 g/mol. The number of hydrogen-bond acceptors (Lipinski definition) is 2. The Morgan fingerprint density at radius 1 is 1.18 bits per heavy atom. The van der Waals surface area contributed by atoms with Gasteiger partial charge in [-0.1, -0.05) is 13.3 Å². The van der Waals surface area contributed by atoms with Crippen LogP contribution in [-0.2, 0) is 0 Å². The molecular formula is C15H24N2. The van der Waals surface area contributed by atoms with Gasteiger partial charge in [-0.15, -0.1) is 0 Å². The lowest BCUT2D eigenvalue weighted by Gasteiger charge is -2.16. The Bertz CT molecular complexity index is 342. The standard InChI is InChI=1S/C15H24N2/c1-4-12-5-6-14(11-12)16-13-7-9-15(10-8-13)17(2)3/h7-10,12,14,16H,4-6,11H2,1-3H3. The molecule has 0 aliphatic heterocycles. The highest BCUT2D eigenvalue weighted by atomic mass is 15.1. The summed E-state index contributed by atoms with van der Waals surface area (Å²) in [5, 5.41) is 3.65. The lowest BCUT2D eigenvalue weighted by molar-refractivity contribution is 0.525. The van der Waals surface area contributed by atoms with Gasteiger partial charge in [0.25, 0.3) is 0 Å². The van der Waals surface area contributed by atoms with Gasteiger partial charge in [0, 0.05) is 31.5 Å². The molecule has 2 unspecified atom stereocenters. The summed E-state index contributed by atoms with van der Waals surface area (Å²) >= 11 is 0. The van der Waals surface area contributed by atoms with Crippen molar-refractivity contribution >= 4 is 11.4 Å². The largest absolute Gasteiger partial charge is 0.382 e. The minimum Gasteiger partial charge on any atom is -0.382 e. The van der Waals surface area contributed by atoms with E-state index in [1.165, 1.54) is 37.1 Å². The third-order valence-electron chi connectivity index (χ3n) is 3.87. The van der Waals surface area contributed by atoms with Crippen LogP contribution < -0.4 is 10.2 Å². The van der Waals surface area contributed by atoms with Gasteiger partial charge in [0.1, 0.15) is 0 Å². The third kappa shape index (κ3) is 3.15. The fourth-order valence-electron chi connectivity index (χ4n) is 2.67. The van der Waals surface area contributed by atoms with Crippen molar-refractivity contribution in [3.8, 4) is 0 Å². The topological polar surface area (TPSA) is 15.3 Å². The summed E-state index contributed by atoms with van der Waals surface area (Å²) in [4.78, 5) is 2.13. The van der Waals surface area contributed by atoms with E-state index in [-0.39, 0.29) is 0 Å². The second kappa shape index (κ2) is 5.44. The Kier molecular flexibility index (Phi) is 3.93. The zero-order valence-electron chi connectivity index (χ0n) is 11.2. The smallest absolute Gasteiger partial charge is 0.0362 e. The van der Waals surface area contributed by atoms with Crippen LogP contribution in [0.1, 0.15) is 32.6 Å². The summed E-state index contributed by atoms with van der Waals surface area (Å²) in [5.41, 5.74) is 2.52. The van der Waals surface area contributed by atoms with Crippen molar-refractivity contribution in [1.82, 2.24) is 0 Å². The average molecular weight is 232 g/mol. The number of nitrogens with one attached hydrogen (secondary N) is 1. The first kappa shape index (κ1) is 12.3. The Labute approximate surface area is 105 Å². The molecule has 2 rings (SSSR count). The molecule has 0 radical (unpaired) electrons. The Hall–Kier alpha value is -1.18. The summed E-state index contributed by atoms with van der Waals surface area (Å²) in [6.07, 6.45) is 5.39. The van der Waals surface area contributed by atoms with Crippen LogP contribution in [-0.4, -0.2) is 20.1 Å². The first-order valence-electron chi connectivity index (χ1n) is 6.73. The maximum atomic E-state index is 3.65. The predicted octanol–water partition coefficient (Wildman–Crippen LogP) is 3.74. The Morgan fingerprint density at radius 2 is 1.88 bits per heavy atom. The lowest BCUT2D eigenvalue weighted by Crippen LogP contribution is -2.15. The van der Waals surface area contributed by atoms with Gasteiger partial charge in [0.2, 0.25) is 0 Å². The second-order valence-corrected chi connectivity index (χ2v) is 5.37. The molecule has 1 aromatic carbocycles. The molecular weight excluding hydrogens is 208 g/mol. The first-order valence-corrected chi connectivity index (χ1v) is 6.73. The summed E-state index contributed by atoms with van der Waals surface area (Å²) in [7, 11) is 4.15. The van der Waals surface area contributed by atoms with Crippen LogP contribution >= 0.6 is 0 Å². The van der Waals surface area contributed by atoms with E-state index >= 15 is 0 Å². The van der Waals surface area contributed by atoms with Gasteiger partial charge < -0.3 is 10.2 Å². The molecule has 0 aromatic heterocycles. The van der Waals surface area contributed by atoms with E-state index in [1.807, 2.05) is 0 Å². The van der Waals surface area contributed by atoms with Crippen LogP contribution in [0.2, 0.25) is 0 Å². The number of anilines is 2. The quantitative estimate of drug-likeness (QED) is 0.850. The van der Waals surface area contributed by atoms with E-state index in [1.54, 1.807) is 0 Å². The normalized spacial score (nSPS) is 23.7. The number of nitrogens with zero attached hydrogens (tertiary/aromatic N) is 1. The van der Waals surface area contributed by atoms with Gasteiger partial charge in [-0.3, -0.25) is 0 Å². The van der Waals surface area contributed by atoms with Crippen LogP contribution in [0.5, 0.6) is 0 Å². The van der Waals surface area contributed by atoms with E-state index in [4.69, 9.17) is 0 Å². The molecule has 2 nitrogen and oxygen atoms in total. The van der Waals surface area contributed by atoms with Crippen molar-refractivity contribution < 1.29 is 0 Å². The average Bonchev–Trinajstić information content (AvgIpc) is 2.77. The van der Waals surface area contributed by atoms with Crippen molar-refractivity contribution in [1.29, 1.82) is 0 Å². The van der Waals surface area contributed by atoms with Gasteiger partial charge in [0.05, 0.1) is 0 Å². The SMILES string of the molecule is CCC1CCC(Nc2ccc(N(C)C)cc2)C1. The van der Waals surface area contributed by atoms with E-state index < -0.39 is 0 Å². The molecule has 1 saturated carbocycles. The highest BCUT2D eigenvalue weighted by Gasteiger charge is 2.22. The molecule has 1 N–H and O–H groups in total. The molecule has 1 aromatic rings. The summed E-state index contributed by atoms with van der Waals surface area (Å²) in [5.74, 6) is 0.938. The minimum atomic E-state index is 0.685. The molecule has 0 saturated heterocycles. The maximum absolute atomic E-state index is 3.65. The Morgan fingerprint density at radius 3 is 2.41 bits per heavy atom. The van der Waals surface area contributed by atoms with Crippen molar-refractivity contribution in [2.24, 2.45) is 5.92 Å². The maximum Gasteiger partial charge on any atom is 0.0362 e. The molecule has 1 fully saturated rings. The molecule has 1 aliphatic rings. The first-order chi connectivity index (χ1) is 8.19. The van der Waals surface area contributed by atoms with Crippen molar-refractivity contribution in [3.63, 3.8) is 0 Å². The van der Waals surface area contributed by atoms with Crippen molar-refractivity contribution in [3.05, 3.63) is 24.3 Å². The molecule has 0 amide bonds. The van der Waals surface area contributed by atoms with Crippen molar-refractivity contribution in [2.45, 2.75) is 38.6 Å². The van der Waals surface area contributed by atoms with Gasteiger partial charge >= 0.3 is 0 Å². The number of benzene rings is 1. The molecule has 0 heterocycles. The molecule has 0 bridgehead atoms. The van der Waals surface area contributed by atoms with Crippen LogP contribution in [0.15, 0.2) is 24.3 Å². The van der Waals surface area contributed by atoms with E-state index in [2.05, 4.69) is 55.5 Å². The van der Waals surface area contributed by atoms with Crippen LogP contribution in [0, 0.1) is 5.92 Å². The number of hydrogen-bond donors (Lipinski definition) is 1. The molecule has 2 atom stereocenters.